The molecule has 4 rings (SSSR count). The molecule has 0 bridgehead atoms. The third-order valence-electron chi connectivity index (χ3n) is 3.93. The number of benzene rings is 2. The first kappa shape index (κ1) is 18.6. The molecule has 0 aliphatic heterocycles. The van der Waals surface area contributed by atoms with Crippen LogP contribution in [0.2, 0.25) is 5.02 Å². The van der Waals surface area contributed by atoms with Crippen LogP contribution in [0, 0.1) is 5.82 Å². The normalized spacial score (nSPS) is 10.8. The van der Waals surface area contributed by atoms with Gasteiger partial charge in [-0.15, -0.1) is 5.10 Å². The van der Waals surface area contributed by atoms with E-state index in [-0.39, 0.29) is 41.5 Å². The predicted molar refractivity (Wildman–Crippen MR) is 103 cm³/mol. The Morgan fingerprint density at radius 3 is 2.62 bits per heavy atom. The van der Waals surface area contributed by atoms with Gasteiger partial charge in [0.25, 0.3) is 5.89 Å². The molecule has 2 aromatic carbocycles. The SMILES string of the molecule is Nc1c(-c2nc(-c3ccc(F)cc3)no2)nnn1CC(=O)Nc1ccc(Cl)cc1. The highest BCUT2D eigenvalue weighted by atomic mass is 35.5. The van der Waals surface area contributed by atoms with E-state index in [4.69, 9.17) is 21.9 Å². The Labute approximate surface area is 168 Å². The molecule has 2 heterocycles. The van der Waals surface area contributed by atoms with Crippen molar-refractivity contribution in [2.24, 2.45) is 0 Å². The molecule has 0 spiro atoms. The molecule has 0 unspecified atom stereocenters. The molecule has 4 aromatic rings. The third-order valence-corrected chi connectivity index (χ3v) is 4.18. The Morgan fingerprint density at radius 2 is 1.90 bits per heavy atom. The molecule has 0 fully saturated rings. The molecular weight excluding hydrogens is 401 g/mol. The van der Waals surface area contributed by atoms with Crippen LogP contribution < -0.4 is 11.1 Å². The van der Waals surface area contributed by atoms with E-state index in [2.05, 4.69) is 25.8 Å². The van der Waals surface area contributed by atoms with Gasteiger partial charge in [0.05, 0.1) is 0 Å². The summed E-state index contributed by atoms with van der Waals surface area (Å²) in [5.74, 6) is -0.360. The number of carbonyl (C=O) groups excluding carboxylic acids is 1. The summed E-state index contributed by atoms with van der Waals surface area (Å²) in [4.78, 5) is 16.4. The molecule has 2 aromatic heterocycles. The van der Waals surface area contributed by atoms with Gasteiger partial charge in [-0.2, -0.15) is 4.98 Å². The van der Waals surface area contributed by atoms with E-state index in [0.29, 0.717) is 16.3 Å². The highest BCUT2D eigenvalue weighted by Crippen LogP contribution is 2.25. The van der Waals surface area contributed by atoms with E-state index in [1.165, 1.54) is 28.9 Å². The average molecular weight is 414 g/mol. The summed E-state index contributed by atoms with van der Waals surface area (Å²) in [6.45, 7) is -0.166. The lowest BCUT2D eigenvalue weighted by atomic mass is 10.2. The van der Waals surface area contributed by atoms with Gasteiger partial charge >= 0.3 is 0 Å². The maximum atomic E-state index is 13.0. The summed E-state index contributed by atoms with van der Waals surface area (Å²) in [6.07, 6.45) is 0. The molecule has 0 aliphatic rings. The quantitative estimate of drug-likeness (QED) is 0.515. The van der Waals surface area contributed by atoms with Gasteiger partial charge in [0.15, 0.2) is 11.5 Å². The molecule has 29 heavy (non-hydrogen) atoms. The van der Waals surface area contributed by atoms with E-state index in [0.717, 1.165) is 0 Å². The van der Waals surface area contributed by atoms with Crippen molar-refractivity contribution < 1.29 is 13.7 Å². The van der Waals surface area contributed by atoms with Crippen LogP contribution in [-0.4, -0.2) is 31.0 Å². The van der Waals surface area contributed by atoms with Crippen molar-refractivity contribution in [3.63, 3.8) is 0 Å². The van der Waals surface area contributed by atoms with Crippen LogP contribution in [0.5, 0.6) is 0 Å². The molecule has 1 amide bonds. The van der Waals surface area contributed by atoms with Gasteiger partial charge in [-0.05, 0) is 48.5 Å². The number of rotatable bonds is 5. The van der Waals surface area contributed by atoms with Gasteiger partial charge < -0.3 is 15.6 Å². The second-order valence-corrected chi connectivity index (χ2v) is 6.40. The van der Waals surface area contributed by atoms with Gasteiger partial charge in [0, 0.05) is 16.3 Å². The summed E-state index contributed by atoms with van der Waals surface area (Å²) >= 11 is 5.82. The fraction of sp³-hybridized carbons (Fsp3) is 0.0556. The van der Waals surface area contributed by atoms with E-state index in [1.54, 1.807) is 24.3 Å². The first-order chi connectivity index (χ1) is 14.0. The first-order valence-corrected chi connectivity index (χ1v) is 8.72. The smallest absolute Gasteiger partial charge is 0.282 e. The Balaban J connectivity index is 1.49. The number of nitrogens with zero attached hydrogens (tertiary/aromatic N) is 5. The Morgan fingerprint density at radius 1 is 1.17 bits per heavy atom. The third kappa shape index (κ3) is 4.06. The number of nitrogens with one attached hydrogen (secondary N) is 1. The van der Waals surface area contributed by atoms with Gasteiger partial charge in [-0.25, -0.2) is 9.07 Å². The number of halogens is 2. The van der Waals surface area contributed by atoms with Crippen molar-refractivity contribution in [2.45, 2.75) is 6.54 Å². The van der Waals surface area contributed by atoms with Crippen LogP contribution >= 0.6 is 11.6 Å². The maximum absolute atomic E-state index is 13.0. The van der Waals surface area contributed by atoms with E-state index < -0.39 is 0 Å². The summed E-state index contributed by atoms with van der Waals surface area (Å²) in [7, 11) is 0. The Bertz CT molecular complexity index is 1160. The van der Waals surface area contributed by atoms with Gasteiger partial charge in [-0.1, -0.05) is 22.0 Å². The van der Waals surface area contributed by atoms with Gasteiger partial charge in [-0.3, -0.25) is 4.79 Å². The zero-order chi connectivity index (χ0) is 20.4. The molecule has 9 nitrogen and oxygen atoms in total. The number of amides is 1. The molecular formula is C18H13ClFN7O2. The van der Waals surface area contributed by atoms with Crippen molar-refractivity contribution in [3.05, 3.63) is 59.4 Å². The minimum absolute atomic E-state index is 0.0335. The molecule has 0 atom stereocenters. The van der Waals surface area contributed by atoms with E-state index in [9.17, 15) is 9.18 Å². The number of nitrogens with two attached hydrogens (primary N) is 1. The zero-order valence-electron chi connectivity index (χ0n) is 14.7. The van der Waals surface area contributed by atoms with Crippen LogP contribution in [-0.2, 0) is 11.3 Å². The van der Waals surface area contributed by atoms with Crippen molar-refractivity contribution in [2.75, 3.05) is 11.1 Å². The topological polar surface area (TPSA) is 125 Å². The summed E-state index contributed by atoms with van der Waals surface area (Å²) in [5, 5.41) is 14.9. The van der Waals surface area contributed by atoms with Crippen LogP contribution in [0.15, 0.2) is 53.1 Å². The van der Waals surface area contributed by atoms with Crippen LogP contribution in [0.25, 0.3) is 23.0 Å². The lowest BCUT2D eigenvalue weighted by Crippen LogP contribution is -2.20. The molecule has 0 aliphatic carbocycles. The van der Waals surface area contributed by atoms with Crippen molar-refractivity contribution in [1.29, 1.82) is 0 Å². The number of carbonyl (C=O) groups is 1. The lowest BCUT2D eigenvalue weighted by molar-refractivity contribution is -0.116. The second-order valence-electron chi connectivity index (χ2n) is 5.97. The molecule has 0 saturated heterocycles. The number of hydrogen-bond acceptors (Lipinski definition) is 7. The molecule has 11 heteroatoms. The fourth-order valence-electron chi connectivity index (χ4n) is 2.50. The Hall–Kier alpha value is -3.79. The molecule has 0 saturated carbocycles. The van der Waals surface area contributed by atoms with Crippen molar-refractivity contribution in [1.82, 2.24) is 25.1 Å². The highest BCUT2D eigenvalue weighted by molar-refractivity contribution is 6.30. The van der Waals surface area contributed by atoms with Gasteiger partial charge in [0.2, 0.25) is 11.7 Å². The van der Waals surface area contributed by atoms with Crippen LogP contribution in [0.3, 0.4) is 0 Å². The number of anilines is 2. The average Bonchev–Trinajstić information content (AvgIpc) is 3.32. The summed E-state index contributed by atoms with van der Waals surface area (Å²) in [5.41, 5.74) is 7.32. The summed E-state index contributed by atoms with van der Waals surface area (Å²) in [6, 6.07) is 12.3. The monoisotopic (exact) mass is 413 g/mol. The standard InChI is InChI=1S/C18H13ClFN7O2/c19-11-3-7-13(8-4-11)22-14(28)9-27-16(21)15(24-26-27)18-23-17(25-29-18)10-1-5-12(20)6-2-10/h1-8H,9,21H2,(H,22,28). The maximum Gasteiger partial charge on any atom is 0.282 e. The summed E-state index contributed by atoms with van der Waals surface area (Å²) < 4.78 is 19.4. The van der Waals surface area contributed by atoms with Crippen molar-refractivity contribution in [3.8, 4) is 23.0 Å². The molecule has 3 N–H and O–H groups in total. The first-order valence-electron chi connectivity index (χ1n) is 8.34. The second kappa shape index (κ2) is 7.68. The van der Waals surface area contributed by atoms with E-state index in [1.807, 2.05) is 0 Å². The van der Waals surface area contributed by atoms with Gasteiger partial charge in [0.1, 0.15) is 12.4 Å². The number of hydrogen-bond donors (Lipinski definition) is 2. The van der Waals surface area contributed by atoms with E-state index >= 15 is 0 Å². The highest BCUT2D eigenvalue weighted by Gasteiger charge is 2.20. The Kier molecular flexibility index (Phi) is 4.92. The molecule has 0 radical (unpaired) electrons. The van der Waals surface area contributed by atoms with Crippen molar-refractivity contribution >= 4 is 29.0 Å². The largest absolute Gasteiger partial charge is 0.382 e. The number of aromatic nitrogens is 5. The minimum Gasteiger partial charge on any atom is -0.382 e. The molecule has 146 valence electrons. The minimum atomic E-state index is -0.374. The number of nitrogen functional groups attached to an aromatic ring is 1. The van der Waals surface area contributed by atoms with Crippen LogP contribution in [0.4, 0.5) is 15.9 Å². The fourth-order valence-corrected chi connectivity index (χ4v) is 2.62. The lowest BCUT2D eigenvalue weighted by Gasteiger charge is -2.06. The zero-order valence-corrected chi connectivity index (χ0v) is 15.5. The van der Waals surface area contributed by atoms with Crippen LogP contribution in [0.1, 0.15) is 0 Å². The predicted octanol–water partition coefficient (Wildman–Crippen LogP) is 3.01.